The van der Waals surface area contributed by atoms with Gasteiger partial charge in [0, 0.05) is 0 Å². The largest absolute Gasteiger partial charge is 0.317 e. The molecule has 0 saturated heterocycles. The summed E-state index contributed by atoms with van der Waals surface area (Å²) in [7, 11) is 0. The summed E-state index contributed by atoms with van der Waals surface area (Å²) in [6.07, 6.45) is 5.84. The Morgan fingerprint density at radius 2 is 1.93 bits per heavy atom. The first-order valence-corrected chi connectivity index (χ1v) is 6.84. The van der Waals surface area contributed by atoms with Gasteiger partial charge in [-0.3, -0.25) is 0 Å². The van der Waals surface area contributed by atoms with Crippen LogP contribution in [0.3, 0.4) is 0 Å². The first-order valence-electron chi connectivity index (χ1n) is 6.84. The van der Waals surface area contributed by atoms with Crippen molar-refractivity contribution in [1.29, 1.82) is 0 Å². The lowest BCUT2D eigenvalue weighted by Gasteiger charge is -2.33. The SMILES string of the molecule is CCNCC(C)CC1CCC(C)C(C)C1. The fourth-order valence-corrected chi connectivity index (χ4v) is 2.92. The van der Waals surface area contributed by atoms with Gasteiger partial charge in [0.2, 0.25) is 0 Å². The van der Waals surface area contributed by atoms with Crippen LogP contribution in [0.2, 0.25) is 0 Å². The second-order valence-electron chi connectivity index (χ2n) is 5.78. The van der Waals surface area contributed by atoms with Crippen LogP contribution < -0.4 is 5.32 Å². The molecule has 0 aliphatic heterocycles. The summed E-state index contributed by atoms with van der Waals surface area (Å²) >= 11 is 0. The normalized spacial score (nSPS) is 34.0. The minimum atomic E-state index is 0.857. The molecule has 1 fully saturated rings. The van der Waals surface area contributed by atoms with Crippen LogP contribution >= 0.6 is 0 Å². The predicted octanol–water partition coefficient (Wildman–Crippen LogP) is 3.69. The summed E-state index contributed by atoms with van der Waals surface area (Å²) in [5, 5.41) is 3.46. The second kappa shape index (κ2) is 6.52. The van der Waals surface area contributed by atoms with Gasteiger partial charge in [-0.1, -0.05) is 40.5 Å². The van der Waals surface area contributed by atoms with Gasteiger partial charge < -0.3 is 5.32 Å². The minimum absolute atomic E-state index is 0.857. The summed E-state index contributed by atoms with van der Waals surface area (Å²) in [5.41, 5.74) is 0. The maximum absolute atomic E-state index is 3.46. The van der Waals surface area contributed by atoms with E-state index in [0.717, 1.165) is 30.2 Å². The van der Waals surface area contributed by atoms with Gasteiger partial charge in [0.05, 0.1) is 0 Å². The zero-order valence-corrected chi connectivity index (χ0v) is 11.1. The monoisotopic (exact) mass is 211 g/mol. The van der Waals surface area contributed by atoms with Crippen molar-refractivity contribution in [2.75, 3.05) is 13.1 Å². The smallest absolute Gasteiger partial charge is 0.00232 e. The maximum atomic E-state index is 3.46. The second-order valence-corrected chi connectivity index (χ2v) is 5.78. The van der Waals surface area contributed by atoms with Crippen LogP contribution in [0.4, 0.5) is 0 Å². The van der Waals surface area contributed by atoms with Gasteiger partial charge in [-0.15, -0.1) is 0 Å². The van der Waals surface area contributed by atoms with Gasteiger partial charge in [0.15, 0.2) is 0 Å². The van der Waals surface area contributed by atoms with Gasteiger partial charge in [-0.2, -0.15) is 0 Å². The van der Waals surface area contributed by atoms with Gasteiger partial charge in [0.25, 0.3) is 0 Å². The Balaban J connectivity index is 2.21. The molecule has 1 rings (SSSR count). The van der Waals surface area contributed by atoms with Crippen molar-refractivity contribution in [3.63, 3.8) is 0 Å². The number of nitrogens with one attached hydrogen (secondary N) is 1. The van der Waals surface area contributed by atoms with Gasteiger partial charge in [0.1, 0.15) is 0 Å². The molecule has 1 aliphatic rings. The zero-order chi connectivity index (χ0) is 11.3. The summed E-state index contributed by atoms with van der Waals surface area (Å²) in [6.45, 7) is 11.8. The Morgan fingerprint density at radius 1 is 1.20 bits per heavy atom. The van der Waals surface area contributed by atoms with E-state index in [1.54, 1.807) is 0 Å². The third-order valence-electron chi connectivity index (χ3n) is 4.19. The zero-order valence-electron chi connectivity index (χ0n) is 11.1. The molecule has 0 aromatic rings. The first-order chi connectivity index (χ1) is 7.13. The fraction of sp³-hybridized carbons (Fsp3) is 1.00. The van der Waals surface area contributed by atoms with Crippen molar-refractivity contribution in [1.82, 2.24) is 5.32 Å². The van der Waals surface area contributed by atoms with Crippen molar-refractivity contribution in [3.05, 3.63) is 0 Å². The highest BCUT2D eigenvalue weighted by molar-refractivity contribution is 4.76. The molecule has 0 amide bonds. The maximum Gasteiger partial charge on any atom is -0.00232 e. The van der Waals surface area contributed by atoms with Crippen molar-refractivity contribution < 1.29 is 0 Å². The van der Waals surface area contributed by atoms with Gasteiger partial charge in [-0.05, 0) is 49.6 Å². The lowest BCUT2D eigenvalue weighted by Crippen LogP contribution is -2.26. The molecule has 15 heavy (non-hydrogen) atoms. The Bertz CT molecular complexity index is 167. The van der Waals surface area contributed by atoms with E-state index in [0.29, 0.717) is 0 Å². The molecule has 0 aromatic heterocycles. The highest BCUT2D eigenvalue weighted by Crippen LogP contribution is 2.36. The highest BCUT2D eigenvalue weighted by atomic mass is 14.8. The molecule has 1 N–H and O–H groups in total. The molecule has 0 bridgehead atoms. The van der Waals surface area contributed by atoms with Crippen LogP contribution in [0.5, 0.6) is 0 Å². The molecule has 1 heteroatoms. The molecule has 0 spiro atoms. The van der Waals surface area contributed by atoms with Crippen LogP contribution in [0, 0.1) is 23.7 Å². The molecule has 1 nitrogen and oxygen atoms in total. The topological polar surface area (TPSA) is 12.0 Å². The molecule has 4 unspecified atom stereocenters. The lowest BCUT2D eigenvalue weighted by atomic mass is 9.73. The average molecular weight is 211 g/mol. The minimum Gasteiger partial charge on any atom is -0.317 e. The predicted molar refractivity (Wildman–Crippen MR) is 68.0 cm³/mol. The number of hydrogen-bond donors (Lipinski definition) is 1. The molecule has 1 aliphatic carbocycles. The summed E-state index contributed by atoms with van der Waals surface area (Å²) in [4.78, 5) is 0. The molecular formula is C14H29N. The molecule has 90 valence electrons. The van der Waals surface area contributed by atoms with Gasteiger partial charge >= 0.3 is 0 Å². The molecule has 0 aromatic carbocycles. The van der Waals surface area contributed by atoms with E-state index < -0.39 is 0 Å². The van der Waals surface area contributed by atoms with E-state index in [9.17, 15) is 0 Å². The third-order valence-corrected chi connectivity index (χ3v) is 4.19. The molecule has 4 atom stereocenters. The average Bonchev–Trinajstić information content (AvgIpc) is 2.20. The molecule has 1 saturated carbocycles. The van der Waals surface area contributed by atoms with E-state index in [1.807, 2.05) is 0 Å². The molecule has 0 heterocycles. The van der Waals surface area contributed by atoms with E-state index in [2.05, 4.69) is 33.0 Å². The van der Waals surface area contributed by atoms with Crippen molar-refractivity contribution >= 4 is 0 Å². The Hall–Kier alpha value is -0.0400. The third kappa shape index (κ3) is 4.55. The van der Waals surface area contributed by atoms with Crippen molar-refractivity contribution in [3.8, 4) is 0 Å². The van der Waals surface area contributed by atoms with Crippen LogP contribution in [-0.4, -0.2) is 13.1 Å². The number of hydrogen-bond acceptors (Lipinski definition) is 1. The van der Waals surface area contributed by atoms with Crippen molar-refractivity contribution in [2.45, 2.75) is 53.4 Å². The summed E-state index contributed by atoms with van der Waals surface area (Å²) in [6, 6.07) is 0. The number of rotatable bonds is 5. The Kier molecular flexibility index (Phi) is 5.66. The van der Waals surface area contributed by atoms with Crippen LogP contribution in [-0.2, 0) is 0 Å². The van der Waals surface area contributed by atoms with Gasteiger partial charge in [-0.25, -0.2) is 0 Å². The van der Waals surface area contributed by atoms with E-state index >= 15 is 0 Å². The van der Waals surface area contributed by atoms with Crippen LogP contribution in [0.15, 0.2) is 0 Å². The van der Waals surface area contributed by atoms with Crippen LogP contribution in [0.1, 0.15) is 53.4 Å². The van der Waals surface area contributed by atoms with Crippen LogP contribution in [0.25, 0.3) is 0 Å². The Morgan fingerprint density at radius 3 is 2.53 bits per heavy atom. The van der Waals surface area contributed by atoms with E-state index in [-0.39, 0.29) is 0 Å². The lowest BCUT2D eigenvalue weighted by molar-refractivity contribution is 0.184. The van der Waals surface area contributed by atoms with E-state index in [4.69, 9.17) is 0 Å². The summed E-state index contributed by atoms with van der Waals surface area (Å²) in [5.74, 6) is 3.78. The fourth-order valence-electron chi connectivity index (χ4n) is 2.92. The standard InChI is InChI=1S/C14H29N/c1-5-15-10-11(2)8-14-7-6-12(3)13(4)9-14/h11-15H,5-10H2,1-4H3. The van der Waals surface area contributed by atoms with E-state index in [1.165, 1.54) is 32.2 Å². The molecule has 0 radical (unpaired) electrons. The Labute approximate surface area is 96.0 Å². The van der Waals surface area contributed by atoms with Crippen molar-refractivity contribution in [2.24, 2.45) is 23.7 Å². The summed E-state index contributed by atoms with van der Waals surface area (Å²) < 4.78 is 0. The first kappa shape index (κ1) is 13.0. The highest BCUT2D eigenvalue weighted by Gasteiger charge is 2.25. The molecular weight excluding hydrogens is 182 g/mol. The quantitative estimate of drug-likeness (QED) is 0.731.